The van der Waals surface area contributed by atoms with Gasteiger partial charge in [-0.05, 0) is 85.5 Å². The molecule has 1 aromatic heterocycles. The first-order valence-corrected chi connectivity index (χ1v) is 14.6. The fourth-order valence-corrected chi connectivity index (χ4v) is 6.81. The molecule has 0 spiro atoms. The lowest BCUT2D eigenvalue weighted by molar-refractivity contribution is 0.660. The van der Waals surface area contributed by atoms with Crippen LogP contribution >= 0.6 is 0 Å². The first-order valence-electron chi connectivity index (χ1n) is 14.6. The molecule has 0 saturated heterocycles. The van der Waals surface area contributed by atoms with Crippen LogP contribution in [0.5, 0.6) is 0 Å². The van der Waals surface area contributed by atoms with E-state index in [-0.39, 0.29) is 5.41 Å². The van der Waals surface area contributed by atoms with Crippen LogP contribution in [0.2, 0.25) is 0 Å². The highest BCUT2D eigenvalue weighted by Gasteiger charge is 2.35. The van der Waals surface area contributed by atoms with Gasteiger partial charge in [-0.25, -0.2) is 0 Å². The van der Waals surface area contributed by atoms with Crippen molar-refractivity contribution in [2.45, 2.75) is 19.3 Å². The molecule has 1 N–H and O–H groups in total. The van der Waals surface area contributed by atoms with Gasteiger partial charge in [-0.3, -0.25) is 0 Å². The van der Waals surface area contributed by atoms with Crippen LogP contribution in [-0.2, 0) is 5.41 Å². The summed E-state index contributed by atoms with van der Waals surface area (Å²) in [5.41, 5.74) is 16.0. The molecule has 0 aliphatic heterocycles. The van der Waals surface area contributed by atoms with Gasteiger partial charge in [-0.2, -0.15) is 0 Å². The van der Waals surface area contributed by atoms with Gasteiger partial charge >= 0.3 is 0 Å². The number of H-pyrrole nitrogens is 1. The summed E-state index contributed by atoms with van der Waals surface area (Å²) in [5.74, 6) is 0. The van der Waals surface area contributed by atoms with Crippen LogP contribution in [0.1, 0.15) is 36.1 Å². The second-order valence-electron chi connectivity index (χ2n) is 12.0. The normalized spacial score (nSPS) is 13.3. The summed E-state index contributed by atoms with van der Waals surface area (Å²) in [5, 5.41) is 2.53. The molecule has 1 aliphatic rings. The molecule has 1 heteroatoms. The van der Waals surface area contributed by atoms with Gasteiger partial charge < -0.3 is 4.98 Å². The average molecular weight is 538 g/mol. The minimum atomic E-state index is -0.0145. The number of benzene rings is 6. The molecule has 1 nitrogen and oxygen atoms in total. The molecule has 0 amide bonds. The predicted molar refractivity (Wildman–Crippen MR) is 179 cm³/mol. The monoisotopic (exact) mass is 537 g/mol. The maximum atomic E-state index is 4.50. The third-order valence-electron chi connectivity index (χ3n) is 9.22. The van der Waals surface area contributed by atoms with Crippen molar-refractivity contribution in [3.05, 3.63) is 162 Å². The molecule has 0 bridgehead atoms. The van der Waals surface area contributed by atoms with Crippen LogP contribution in [0, 0.1) is 0 Å². The van der Waals surface area contributed by atoms with Crippen molar-refractivity contribution in [1.29, 1.82) is 0 Å². The molecule has 1 heterocycles. The van der Waals surface area contributed by atoms with Crippen molar-refractivity contribution in [3.63, 3.8) is 0 Å². The quantitative estimate of drug-likeness (QED) is 0.230. The van der Waals surface area contributed by atoms with Crippen molar-refractivity contribution < 1.29 is 0 Å². The molecule has 200 valence electrons. The van der Waals surface area contributed by atoms with Gasteiger partial charge in [0.15, 0.2) is 0 Å². The number of nitrogens with one attached hydrogen (secondary N) is 1. The van der Waals surface area contributed by atoms with E-state index >= 15 is 0 Å². The van der Waals surface area contributed by atoms with Gasteiger partial charge in [-0.15, -0.1) is 0 Å². The summed E-state index contributed by atoms with van der Waals surface area (Å²) in [7, 11) is 0. The molecular formula is C41H31N. The molecule has 0 unspecified atom stereocenters. The maximum absolute atomic E-state index is 4.50. The first-order chi connectivity index (χ1) is 20.5. The number of aromatic amines is 1. The molecule has 42 heavy (non-hydrogen) atoms. The Kier molecular flexibility index (Phi) is 5.39. The summed E-state index contributed by atoms with van der Waals surface area (Å²) in [4.78, 5) is 3.52. The molecule has 0 radical (unpaired) electrons. The second kappa shape index (κ2) is 9.19. The van der Waals surface area contributed by atoms with E-state index in [1.165, 1.54) is 71.9 Å². The number of aromatic nitrogens is 1. The van der Waals surface area contributed by atoms with E-state index in [4.69, 9.17) is 0 Å². The number of para-hydroxylation sites is 1. The zero-order valence-corrected chi connectivity index (χ0v) is 23.9. The van der Waals surface area contributed by atoms with E-state index < -0.39 is 0 Å². The molecule has 0 saturated carbocycles. The van der Waals surface area contributed by atoms with Crippen LogP contribution < -0.4 is 0 Å². The molecule has 7 aromatic rings. The van der Waals surface area contributed by atoms with E-state index in [1.54, 1.807) is 0 Å². The number of hydrogen-bond acceptors (Lipinski definition) is 0. The predicted octanol–water partition coefficient (Wildman–Crippen LogP) is 11.0. The Balaban J connectivity index is 1.05. The Morgan fingerprint density at radius 2 is 1.07 bits per heavy atom. The summed E-state index contributed by atoms with van der Waals surface area (Å²) in [6.07, 6.45) is 0. The van der Waals surface area contributed by atoms with Gasteiger partial charge in [-0.1, -0.05) is 130 Å². The third kappa shape index (κ3) is 3.78. The van der Waals surface area contributed by atoms with Gasteiger partial charge in [0.2, 0.25) is 0 Å². The molecule has 6 aromatic carbocycles. The number of rotatable bonds is 4. The van der Waals surface area contributed by atoms with E-state index in [2.05, 4.69) is 159 Å². The third-order valence-corrected chi connectivity index (χ3v) is 9.22. The molecule has 8 rings (SSSR count). The molecule has 1 aliphatic carbocycles. The van der Waals surface area contributed by atoms with Crippen LogP contribution in [-0.4, -0.2) is 4.98 Å². The summed E-state index contributed by atoms with van der Waals surface area (Å²) in [6.45, 7) is 9.15. The smallest absolute Gasteiger partial charge is 0.0465 e. The van der Waals surface area contributed by atoms with Crippen LogP contribution in [0.15, 0.2) is 140 Å². The van der Waals surface area contributed by atoms with Gasteiger partial charge in [0.05, 0.1) is 0 Å². The lowest BCUT2D eigenvalue weighted by Gasteiger charge is -2.22. The average Bonchev–Trinajstić information content (AvgIpc) is 3.52. The number of hydrogen-bond donors (Lipinski definition) is 1. The zero-order valence-electron chi connectivity index (χ0n) is 23.9. The highest BCUT2D eigenvalue weighted by molar-refractivity contribution is 6.08. The van der Waals surface area contributed by atoms with E-state index in [0.717, 1.165) is 11.1 Å². The minimum absolute atomic E-state index is 0.0145. The van der Waals surface area contributed by atoms with Crippen LogP contribution in [0.3, 0.4) is 0 Å². The second-order valence-corrected chi connectivity index (χ2v) is 12.0. The van der Waals surface area contributed by atoms with E-state index in [9.17, 15) is 0 Å². The van der Waals surface area contributed by atoms with Gasteiger partial charge in [0.25, 0.3) is 0 Å². The minimum Gasteiger partial charge on any atom is -0.355 e. The molecule has 0 fully saturated rings. The fraction of sp³-hybridized carbons (Fsp3) is 0.0732. The van der Waals surface area contributed by atoms with Crippen molar-refractivity contribution in [2.75, 3.05) is 0 Å². The zero-order chi connectivity index (χ0) is 28.4. The fourth-order valence-electron chi connectivity index (χ4n) is 6.81. The van der Waals surface area contributed by atoms with E-state index in [1.807, 2.05) is 0 Å². The Morgan fingerprint density at radius 3 is 1.86 bits per heavy atom. The Morgan fingerprint density at radius 1 is 0.500 bits per heavy atom. The lowest BCUT2D eigenvalue weighted by atomic mass is 9.81. The highest BCUT2D eigenvalue weighted by atomic mass is 14.7. The van der Waals surface area contributed by atoms with E-state index in [0.29, 0.717) is 0 Å². The lowest BCUT2D eigenvalue weighted by Crippen LogP contribution is -2.15. The Hall–Kier alpha value is -5.14. The van der Waals surface area contributed by atoms with Gasteiger partial charge in [0.1, 0.15) is 0 Å². The maximum Gasteiger partial charge on any atom is 0.0465 e. The SMILES string of the molecule is C=C(c1ccc(-c2ccc(-c3ccc4[nH]c5ccccc5c4c3)cc2)cc1)c1ccc2c(c1)C(C)(C)c1ccccc1-2. The van der Waals surface area contributed by atoms with Crippen LogP contribution in [0.4, 0.5) is 0 Å². The first kappa shape index (κ1) is 24.6. The topological polar surface area (TPSA) is 15.8 Å². The summed E-state index contributed by atoms with van der Waals surface area (Å²) >= 11 is 0. The number of fused-ring (bicyclic) bond motifs is 6. The Bertz CT molecular complexity index is 2150. The molecule has 0 atom stereocenters. The van der Waals surface area contributed by atoms with Crippen LogP contribution in [0.25, 0.3) is 60.8 Å². The summed E-state index contributed by atoms with van der Waals surface area (Å²) in [6, 6.07) is 48.5. The highest BCUT2D eigenvalue weighted by Crippen LogP contribution is 2.49. The van der Waals surface area contributed by atoms with Crippen molar-refractivity contribution in [1.82, 2.24) is 4.98 Å². The van der Waals surface area contributed by atoms with Gasteiger partial charge in [0, 0.05) is 27.2 Å². The molecular weight excluding hydrogens is 506 g/mol. The standard InChI is InChI=1S/C41H31N/c1-26(31-20-22-34-33-8-4-6-10-37(33)41(2,3)38(34)25-31)27-12-14-28(15-13-27)29-16-18-30(19-17-29)32-21-23-40-36(24-32)35-9-5-7-11-39(35)42-40/h4-25,42H,1H2,2-3H3. The Labute approximate surface area is 246 Å². The largest absolute Gasteiger partial charge is 0.355 e. The summed E-state index contributed by atoms with van der Waals surface area (Å²) < 4.78 is 0. The van der Waals surface area contributed by atoms with Crippen molar-refractivity contribution in [2.24, 2.45) is 0 Å². The van der Waals surface area contributed by atoms with Crippen molar-refractivity contribution in [3.8, 4) is 33.4 Å². The van der Waals surface area contributed by atoms with Crippen molar-refractivity contribution >= 4 is 27.4 Å².